The number of hydrogen-bond acceptors (Lipinski definition) is 5. The number of aromatic nitrogens is 1. The van der Waals surface area contributed by atoms with Gasteiger partial charge in [-0.25, -0.2) is 4.98 Å². The summed E-state index contributed by atoms with van der Waals surface area (Å²) in [4.78, 5) is 33.1. The molecule has 2 heterocycles. The van der Waals surface area contributed by atoms with Gasteiger partial charge in [-0.3, -0.25) is 9.59 Å². The Labute approximate surface area is 172 Å². The maximum atomic E-state index is 12.1. The van der Waals surface area contributed by atoms with Gasteiger partial charge in [-0.2, -0.15) is 0 Å². The third-order valence-corrected chi connectivity index (χ3v) is 5.01. The Morgan fingerprint density at radius 3 is 2.48 bits per heavy atom. The molecule has 7 heteroatoms. The fourth-order valence-corrected chi connectivity index (χ4v) is 3.23. The second-order valence-electron chi connectivity index (χ2n) is 7.35. The predicted octanol–water partition coefficient (Wildman–Crippen LogP) is 1.20. The van der Waals surface area contributed by atoms with Gasteiger partial charge in [0.15, 0.2) is 0 Å². The Hall–Kier alpha value is -2.93. The van der Waals surface area contributed by atoms with Crippen LogP contribution in [0.3, 0.4) is 0 Å². The normalized spacial score (nSPS) is 14.4. The van der Waals surface area contributed by atoms with Crippen LogP contribution in [0.2, 0.25) is 0 Å². The van der Waals surface area contributed by atoms with Gasteiger partial charge in [0.2, 0.25) is 11.8 Å². The zero-order valence-electron chi connectivity index (χ0n) is 16.9. The predicted molar refractivity (Wildman–Crippen MR) is 114 cm³/mol. The number of carbonyl (C=O) groups excluding carboxylic acids is 2. The molecule has 1 aromatic heterocycles. The van der Waals surface area contributed by atoms with Crippen molar-refractivity contribution in [3.05, 3.63) is 59.8 Å². The second-order valence-corrected chi connectivity index (χ2v) is 7.35. The summed E-state index contributed by atoms with van der Waals surface area (Å²) in [6.45, 7) is 4.77. The Kier molecular flexibility index (Phi) is 7.58. The highest BCUT2D eigenvalue weighted by Gasteiger charge is 2.15. The average Bonchev–Trinajstić information content (AvgIpc) is 2.74. The molecule has 1 fully saturated rings. The third kappa shape index (κ3) is 6.87. The summed E-state index contributed by atoms with van der Waals surface area (Å²) in [5.74, 6) is 0.802. The fraction of sp³-hybridized carbons (Fsp3) is 0.409. The molecule has 1 aromatic carbocycles. The highest BCUT2D eigenvalue weighted by molar-refractivity contribution is 5.80. The molecule has 1 saturated heterocycles. The van der Waals surface area contributed by atoms with Crippen molar-refractivity contribution in [3.63, 3.8) is 0 Å². The second kappa shape index (κ2) is 10.6. The van der Waals surface area contributed by atoms with Gasteiger partial charge >= 0.3 is 0 Å². The van der Waals surface area contributed by atoms with Crippen molar-refractivity contribution >= 4 is 17.6 Å². The number of amides is 2. The minimum Gasteiger partial charge on any atom is -0.355 e. The van der Waals surface area contributed by atoms with Gasteiger partial charge in [-0.05, 0) is 30.3 Å². The molecular weight excluding hydrogens is 366 g/mol. The van der Waals surface area contributed by atoms with E-state index < -0.39 is 0 Å². The Balaban J connectivity index is 1.37. The molecule has 0 aliphatic carbocycles. The van der Waals surface area contributed by atoms with Crippen molar-refractivity contribution < 1.29 is 9.59 Å². The number of pyridine rings is 1. The van der Waals surface area contributed by atoms with Crippen LogP contribution < -0.4 is 15.5 Å². The van der Waals surface area contributed by atoms with Gasteiger partial charge in [0.05, 0.1) is 6.42 Å². The highest BCUT2D eigenvalue weighted by atomic mass is 16.2. The molecule has 3 rings (SSSR count). The van der Waals surface area contributed by atoms with E-state index in [-0.39, 0.29) is 18.2 Å². The van der Waals surface area contributed by atoms with E-state index in [0.717, 1.165) is 43.1 Å². The van der Waals surface area contributed by atoms with E-state index in [1.165, 1.54) is 0 Å². The number of anilines is 1. The highest BCUT2D eigenvalue weighted by Crippen LogP contribution is 2.14. The van der Waals surface area contributed by atoms with Crippen LogP contribution in [0.1, 0.15) is 17.5 Å². The molecule has 2 N–H and O–H groups in total. The molecule has 2 amide bonds. The van der Waals surface area contributed by atoms with E-state index in [9.17, 15) is 9.59 Å². The van der Waals surface area contributed by atoms with E-state index in [2.05, 4.69) is 32.5 Å². The summed E-state index contributed by atoms with van der Waals surface area (Å²) in [6.07, 6.45) is 2.38. The van der Waals surface area contributed by atoms with Crippen LogP contribution in [0, 0.1) is 0 Å². The molecule has 0 saturated carbocycles. The van der Waals surface area contributed by atoms with Crippen LogP contribution in [0.5, 0.6) is 0 Å². The van der Waals surface area contributed by atoms with Crippen LogP contribution in [0.15, 0.2) is 48.7 Å². The molecule has 1 aliphatic heterocycles. The summed E-state index contributed by atoms with van der Waals surface area (Å²) < 4.78 is 0. The Bertz CT molecular complexity index is 804. The zero-order chi connectivity index (χ0) is 20.5. The summed E-state index contributed by atoms with van der Waals surface area (Å²) in [5.41, 5.74) is 1.98. The first-order valence-electron chi connectivity index (χ1n) is 10.1. The zero-order valence-corrected chi connectivity index (χ0v) is 16.9. The summed E-state index contributed by atoms with van der Waals surface area (Å²) in [7, 11) is 2.13. The van der Waals surface area contributed by atoms with Crippen molar-refractivity contribution in [1.82, 2.24) is 20.5 Å². The number of nitrogens with zero attached hydrogens (tertiary/aromatic N) is 3. The number of piperazine rings is 1. The van der Waals surface area contributed by atoms with E-state index in [1.54, 1.807) is 6.20 Å². The van der Waals surface area contributed by atoms with Gasteiger partial charge in [-0.1, -0.05) is 30.3 Å². The minimum absolute atomic E-state index is 0.0741. The molecule has 29 heavy (non-hydrogen) atoms. The monoisotopic (exact) mass is 395 g/mol. The van der Waals surface area contributed by atoms with E-state index >= 15 is 0 Å². The first-order chi connectivity index (χ1) is 14.1. The number of benzene rings is 1. The lowest BCUT2D eigenvalue weighted by atomic mass is 10.1. The first-order valence-corrected chi connectivity index (χ1v) is 10.1. The van der Waals surface area contributed by atoms with Crippen molar-refractivity contribution in [2.24, 2.45) is 0 Å². The molecule has 1 aliphatic rings. The third-order valence-electron chi connectivity index (χ3n) is 5.01. The molecule has 0 spiro atoms. The topological polar surface area (TPSA) is 77.6 Å². The number of likely N-dealkylation sites (N-methyl/N-ethyl adjacent to an activating group) is 1. The maximum absolute atomic E-state index is 12.1. The summed E-state index contributed by atoms with van der Waals surface area (Å²) in [6, 6.07) is 13.5. The Morgan fingerprint density at radius 1 is 0.966 bits per heavy atom. The number of nitrogens with one attached hydrogen (secondary N) is 2. The van der Waals surface area contributed by atoms with Crippen LogP contribution in [-0.2, 0) is 22.6 Å². The van der Waals surface area contributed by atoms with Crippen LogP contribution in [0.25, 0.3) is 0 Å². The smallest absolute Gasteiger partial charge is 0.224 e. The van der Waals surface area contributed by atoms with Crippen LogP contribution in [-0.4, -0.2) is 61.5 Å². The Morgan fingerprint density at radius 2 is 1.72 bits per heavy atom. The van der Waals surface area contributed by atoms with Crippen LogP contribution >= 0.6 is 0 Å². The van der Waals surface area contributed by atoms with E-state index in [1.807, 2.05) is 42.5 Å². The number of hydrogen-bond donors (Lipinski definition) is 2. The summed E-state index contributed by atoms with van der Waals surface area (Å²) >= 11 is 0. The van der Waals surface area contributed by atoms with Crippen molar-refractivity contribution in [1.29, 1.82) is 0 Å². The molecule has 0 unspecified atom stereocenters. The van der Waals surface area contributed by atoms with Gasteiger partial charge < -0.3 is 20.4 Å². The number of carbonyl (C=O) groups is 2. The lowest BCUT2D eigenvalue weighted by Crippen LogP contribution is -2.44. The lowest BCUT2D eigenvalue weighted by Gasteiger charge is -2.33. The van der Waals surface area contributed by atoms with Gasteiger partial charge in [-0.15, -0.1) is 0 Å². The number of rotatable bonds is 8. The average molecular weight is 396 g/mol. The van der Waals surface area contributed by atoms with Gasteiger partial charge in [0, 0.05) is 51.9 Å². The first kappa shape index (κ1) is 20.8. The summed E-state index contributed by atoms with van der Waals surface area (Å²) in [5, 5.41) is 5.71. The standard InChI is InChI=1S/C22H29N5O2/c1-26-11-13-27(14-12-26)20-15-19(7-9-23-20)17-25-21(28)8-10-24-22(29)16-18-5-3-2-4-6-18/h2-7,9,15H,8,10-14,16-17H2,1H3,(H,24,29)(H,25,28). The minimum atomic E-state index is -0.0806. The van der Waals surface area contributed by atoms with Crippen LogP contribution in [0.4, 0.5) is 5.82 Å². The molecule has 2 aromatic rings. The maximum Gasteiger partial charge on any atom is 0.224 e. The van der Waals surface area contributed by atoms with E-state index in [4.69, 9.17) is 0 Å². The largest absolute Gasteiger partial charge is 0.355 e. The molecule has 7 nitrogen and oxygen atoms in total. The van der Waals surface area contributed by atoms with Crippen molar-refractivity contribution in [3.8, 4) is 0 Å². The molecular formula is C22H29N5O2. The SMILES string of the molecule is CN1CCN(c2cc(CNC(=O)CCNC(=O)Cc3ccccc3)ccn2)CC1. The fourth-order valence-electron chi connectivity index (χ4n) is 3.23. The van der Waals surface area contributed by atoms with Gasteiger partial charge in [0.1, 0.15) is 5.82 Å². The quantitative estimate of drug-likeness (QED) is 0.702. The van der Waals surface area contributed by atoms with Gasteiger partial charge in [0.25, 0.3) is 0 Å². The molecule has 0 bridgehead atoms. The molecule has 154 valence electrons. The molecule has 0 atom stereocenters. The van der Waals surface area contributed by atoms with Crippen molar-refractivity contribution in [2.45, 2.75) is 19.4 Å². The van der Waals surface area contributed by atoms with E-state index in [0.29, 0.717) is 19.5 Å². The lowest BCUT2D eigenvalue weighted by molar-refractivity contribution is -0.122. The molecule has 0 radical (unpaired) electrons. The van der Waals surface area contributed by atoms with Crippen molar-refractivity contribution in [2.75, 3.05) is 44.7 Å².